The average molecular weight is 388 g/mol. The van der Waals surface area contributed by atoms with Crippen LogP contribution < -0.4 is 0 Å². The Balaban J connectivity index is 1.94. The van der Waals surface area contributed by atoms with E-state index in [1.54, 1.807) is 11.1 Å². The van der Waals surface area contributed by atoms with Crippen LogP contribution in [0.15, 0.2) is 85.1 Å². The number of hydrogen-bond donors (Lipinski definition) is 0. The Morgan fingerprint density at radius 3 is 2.00 bits per heavy atom. The first-order chi connectivity index (χ1) is 14.2. The zero-order valence-corrected chi connectivity index (χ0v) is 16.4. The number of rotatable bonds is 8. The predicted octanol–water partition coefficient (Wildman–Crippen LogP) is 3.81. The van der Waals surface area contributed by atoms with Gasteiger partial charge in [0.2, 0.25) is 5.91 Å². The lowest BCUT2D eigenvalue weighted by molar-refractivity contribution is -0.142. The summed E-state index contributed by atoms with van der Waals surface area (Å²) in [5, 5.41) is 0. The average Bonchev–Trinajstić information content (AvgIpc) is 2.78. The van der Waals surface area contributed by atoms with Crippen molar-refractivity contribution in [2.75, 3.05) is 13.7 Å². The van der Waals surface area contributed by atoms with E-state index in [9.17, 15) is 9.59 Å². The lowest BCUT2D eigenvalue weighted by Crippen LogP contribution is -2.37. The molecule has 0 radical (unpaired) electrons. The highest BCUT2D eigenvalue weighted by Crippen LogP contribution is 2.27. The van der Waals surface area contributed by atoms with Crippen molar-refractivity contribution in [1.29, 1.82) is 0 Å². The summed E-state index contributed by atoms with van der Waals surface area (Å²) in [5.41, 5.74) is 2.59. The maximum Gasteiger partial charge on any atom is 0.307 e. The third kappa shape index (κ3) is 5.51. The molecule has 1 aromatic heterocycles. The van der Waals surface area contributed by atoms with Crippen molar-refractivity contribution in [2.24, 2.45) is 0 Å². The van der Waals surface area contributed by atoms with E-state index in [-0.39, 0.29) is 24.8 Å². The number of ether oxygens (including phenoxy) is 1. The van der Waals surface area contributed by atoms with E-state index >= 15 is 0 Å². The summed E-state index contributed by atoms with van der Waals surface area (Å²) in [6.07, 6.45) is 1.83. The molecule has 0 unspecified atom stereocenters. The zero-order valence-electron chi connectivity index (χ0n) is 16.4. The second kappa shape index (κ2) is 10.2. The van der Waals surface area contributed by atoms with Crippen molar-refractivity contribution < 1.29 is 14.3 Å². The van der Waals surface area contributed by atoms with Crippen molar-refractivity contribution >= 4 is 11.9 Å². The Kier molecular flexibility index (Phi) is 7.11. The third-order valence-corrected chi connectivity index (χ3v) is 4.72. The summed E-state index contributed by atoms with van der Waals surface area (Å²) < 4.78 is 4.77. The highest BCUT2D eigenvalue weighted by Gasteiger charge is 2.28. The highest BCUT2D eigenvalue weighted by molar-refractivity contribution is 5.87. The number of esters is 1. The second-order valence-electron chi connectivity index (χ2n) is 6.66. The molecule has 2 aromatic carbocycles. The Morgan fingerprint density at radius 1 is 0.897 bits per heavy atom. The fourth-order valence-electron chi connectivity index (χ4n) is 3.23. The Bertz CT molecular complexity index is 875. The molecule has 3 rings (SSSR count). The molecule has 3 aromatic rings. The van der Waals surface area contributed by atoms with Gasteiger partial charge in [-0.05, 0) is 23.3 Å². The molecule has 0 aliphatic carbocycles. The first-order valence-electron chi connectivity index (χ1n) is 9.54. The molecule has 29 heavy (non-hydrogen) atoms. The van der Waals surface area contributed by atoms with Gasteiger partial charge < -0.3 is 9.64 Å². The molecule has 0 bridgehead atoms. The van der Waals surface area contributed by atoms with Gasteiger partial charge in [0.05, 0.1) is 31.7 Å². The normalized spacial score (nSPS) is 10.6. The summed E-state index contributed by atoms with van der Waals surface area (Å²) in [7, 11) is 1.35. The summed E-state index contributed by atoms with van der Waals surface area (Å²) in [5.74, 6) is -0.879. The Hall–Kier alpha value is -3.47. The molecule has 148 valence electrons. The third-order valence-electron chi connectivity index (χ3n) is 4.72. The fourth-order valence-corrected chi connectivity index (χ4v) is 3.23. The molecule has 0 fully saturated rings. The van der Waals surface area contributed by atoms with Crippen molar-refractivity contribution in [3.8, 4) is 0 Å². The molecule has 5 heteroatoms. The Labute approximate surface area is 171 Å². The molecule has 1 amide bonds. The van der Waals surface area contributed by atoms with Crippen LogP contribution in [0.1, 0.15) is 29.2 Å². The molecule has 0 spiro atoms. The summed E-state index contributed by atoms with van der Waals surface area (Å²) >= 11 is 0. The molecule has 1 heterocycles. The largest absolute Gasteiger partial charge is 0.469 e. The van der Waals surface area contributed by atoms with Crippen LogP contribution in [0.5, 0.6) is 0 Å². The van der Waals surface area contributed by atoms with Gasteiger partial charge in [0.1, 0.15) is 0 Å². The molecule has 0 N–H and O–H groups in total. The molecule has 0 aliphatic rings. The van der Waals surface area contributed by atoms with E-state index in [0.717, 1.165) is 16.8 Å². The fraction of sp³-hybridized carbons (Fsp3) is 0.208. The lowest BCUT2D eigenvalue weighted by atomic mass is 9.90. The van der Waals surface area contributed by atoms with Crippen molar-refractivity contribution in [1.82, 2.24) is 9.88 Å². The Morgan fingerprint density at radius 2 is 1.48 bits per heavy atom. The smallest absolute Gasteiger partial charge is 0.307 e. The number of aromatic nitrogens is 1. The maximum absolute atomic E-state index is 13.7. The van der Waals surface area contributed by atoms with Gasteiger partial charge in [0.25, 0.3) is 0 Å². The lowest BCUT2D eigenvalue weighted by Gasteiger charge is -2.27. The predicted molar refractivity (Wildman–Crippen MR) is 111 cm³/mol. The van der Waals surface area contributed by atoms with Crippen molar-refractivity contribution in [3.05, 3.63) is 102 Å². The number of carbonyl (C=O) groups excluding carboxylic acids is 2. The quantitative estimate of drug-likeness (QED) is 0.551. The minimum Gasteiger partial charge on any atom is -0.469 e. The number of nitrogens with zero attached hydrogens (tertiary/aromatic N) is 2. The molecular formula is C24H24N2O3. The van der Waals surface area contributed by atoms with E-state index in [1.807, 2.05) is 78.9 Å². The van der Waals surface area contributed by atoms with Gasteiger partial charge in [-0.2, -0.15) is 0 Å². The van der Waals surface area contributed by atoms with Crippen LogP contribution in [0, 0.1) is 0 Å². The van der Waals surface area contributed by atoms with Gasteiger partial charge in [0.15, 0.2) is 0 Å². The molecule has 0 saturated carbocycles. The topological polar surface area (TPSA) is 59.5 Å². The number of pyridine rings is 1. The van der Waals surface area contributed by atoms with Crippen molar-refractivity contribution in [2.45, 2.75) is 18.9 Å². The molecular weight excluding hydrogens is 364 g/mol. The van der Waals surface area contributed by atoms with Crippen LogP contribution in [-0.2, 0) is 20.9 Å². The first kappa shape index (κ1) is 20.3. The van der Waals surface area contributed by atoms with Gasteiger partial charge in [0, 0.05) is 12.7 Å². The highest BCUT2D eigenvalue weighted by atomic mass is 16.5. The van der Waals surface area contributed by atoms with Crippen LogP contribution in [0.25, 0.3) is 0 Å². The van der Waals surface area contributed by atoms with Crippen LogP contribution >= 0.6 is 0 Å². The summed E-state index contributed by atoms with van der Waals surface area (Å²) in [6.45, 7) is 0.588. The van der Waals surface area contributed by atoms with Gasteiger partial charge in [-0.15, -0.1) is 0 Å². The summed E-state index contributed by atoms with van der Waals surface area (Å²) in [6, 6.07) is 25.0. The van der Waals surface area contributed by atoms with Crippen molar-refractivity contribution in [3.63, 3.8) is 0 Å². The van der Waals surface area contributed by atoms with Crippen LogP contribution in [0.3, 0.4) is 0 Å². The number of carbonyl (C=O) groups is 2. The van der Waals surface area contributed by atoms with Gasteiger partial charge in [-0.1, -0.05) is 66.7 Å². The monoisotopic (exact) mass is 388 g/mol. The SMILES string of the molecule is COC(=O)CCN(Cc1ccccn1)C(=O)C(c1ccccc1)c1ccccc1. The summed E-state index contributed by atoms with van der Waals surface area (Å²) in [4.78, 5) is 31.4. The van der Waals surface area contributed by atoms with E-state index in [0.29, 0.717) is 6.54 Å². The van der Waals surface area contributed by atoms with E-state index in [2.05, 4.69) is 4.98 Å². The van der Waals surface area contributed by atoms with Gasteiger partial charge in [-0.25, -0.2) is 0 Å². The maximum atomic E-state index is 13.7. The van der Waals surface area contributed by atoms with Crippen LogP contribution in [-0.4, -0.2) is 35.4 Å². The molecule has 5 nitrogen and oxygen atoms in total. The van der Waals surface area contributed by atoms with Gasteiger partial charge >= 0.3 is 5.97 Å². The van der Waals surface area contributed by atoms with Gasteiger partial charge in [-0.3, -0.25) is 14.6 Å². The zero-order chi connectivity index (χ0) is 20.5. The number of methoxy groups -OCH3 is 1. The molecule has 0 aliphatic heterocycles. The van der Waals surface area contributed by atoms with Crippen LogP contribution in [0.2, 0.25) is 0 Å². The minimum absolute atomic E-state index is 0.0723. The van der Waals surface area contributed by atoms with E-state index < -0.39 is 5.92 Å². The molecule has 0 atom stereocenters. The number of hydrogen-bond acceptors (Lipinski definition) is 4. The standard InChI is InChI=1S/C24H24N2O3/c1-29-22(27)15-17-26(18-21-14-8-9-16-25-21)24(28)23(19-10-4-2-5-11-19)20-12-6-3-7-13-20/h2-14,16,23H,15,17-18H2,1H3. The second-order valence-corrected chi connectivity index (χ2v) is 6.66. The number of amides is 1. The van der Waals surface area contributed by atoms with E-state index in [1.165, 1.54) is 7.11 Å². The van der Waals surface area contributed by atoms with Crippen LogP contribution in [0.4, 0.5) is 0 Å². The minimum atomic E-state index is -0.459. The number of benzene rings is 2. The first-order valence-corrected chi connectivity index (χ1v) is 9.54. The molecule has 0 saturated heterocycles. The van der Waals surface area contributed by atoms with E-state index in [4.69, 9.17) is 4.74 Å².